The summed E-state index contributed by atoms with van der Waals surface area (Å²) in [5, 5.41) is 20.5. The number of aromatic amines is 1. The zero-order chi connectivity index (χ0) is 19.0. The number of nitrogens with one attached hydrogen (secondary N) is 1. The lowest BCUT2D eigenvalue weighted by Gasteiger charge is -2.25. The van der Waals surface area contributed by atoms with Crippen LogP contribution in [0.15, 0.2) is 76.2 Å². The number of nitriles is 2. The van der Waals surface area contributed by atoms with Crippen molar-refractivity contribution in [3.8, 4) is 12.1 Å². The summed E-state index contributed by atoms with van der Waals surface area (Å²) in [7, 11) is 0. The maximum Gasteiger partial charge on any atom is 0.205 e. The standard InChI is InChI=1S/C21H13BrN4O/c22-13-6-7-18-14(8-13)17(11-26-18)20-15(9-23)19(12-4-2-1-3-5-12)16(10-24)21(25)27-20/h1-8,11,19,26H,25H2. The van der Waals surface area contributed by atoms with Crippen LogP contribution in [0.3, 0.4) is 0 Å². The molecular weight excluding hydrogens is 404 g/mol. The molecule has 5 nitrogen and oxygen atoms in total. The van der Waals surface area contributed by atoms with Gasteiger partial charge in [-0.3, -0.25) is 0 Å². The van der Waals surface area contributed by atoms with Crippen molar-refractivity contribution in [1.82, 2.24) is 4.98 Å². The number of aromatic nitrogens is 1. The van der Waals surface area contributed by atoms with Gasteiger partial charge < -0.3 is 15.5 Å². The summed E-state index contributed by atoms with van der Waals surface area (Å²) < 4.78 is 6.70. The van der Waals surface area contributed by atoms with E-state index in [1.807, 2.05) is 48.5 Å². The molecule has 1 atom stereocenters. The molecule has 1 aliphatic heterocycles. The van der Waals surface area contributed by atoms with Crippen LogP contribution < -0.4 is 5.73 Å². The summed E-state index contributed by atoms with van der Waals surface area (Å²) >= 11 is 3.48. The van der Waals surface area contributed by atoms with Gasteiger partial charge in [0, 0.05) is 27.1 Å². The second kappa shape index (κ2) is 6.68. The van der Waals surface area contributed by atoms with E-state index in [0.29, 0.717) is 11.3 Å². The number of allylic oxidation sites excluding steroid dienone is 2. The predicted molar refractivity (Wildman–Crippen MR) is 106 cm³/mol. The third kappa shape index (κ3) is 2.77. The van der Waals surface area contributed by atoms with E-state index in [1.54, 1.807) is 6.20 Å². The summed E-state index contributed by atoms with van der Waals surface area (Å²) in [6.07, 6.45) is 1.79. The minimum Gasteiger partial charge on any atom is -0.439 e. The highest BCUT2D eigenvalue weighted by molar-refractivity contribution is 9.10. The first-order valence-corrected chi connectivity index (χ1v) is 8.97. The normalized spacial score (nSPS) is 16.8. The lowest BCUT2D eigenvalue weighted by atomic mass is 9.83. The van der Waals surface area contributed by atoms with Gasteiger partial charge in [0.15, 0.2) is 5.76 Å². The predicted octanol–water partition coefficient (Wildman–Crippen LogP) is 4.67. The van der Waals surface area contributed by atoms with Crippen LogP contribution in [0.25, 0.3) is 16.7 Å². The van der Waals surface area contributed by atoms with Gasteiger partial charge in [0.05, 0.1) is 17.6 Å². The molecule has 0 saturated carbocycles. The Morgan fingerprint density at radius 2 is 1.78 bits per heavy atom. The number of benzene rings is 2. The van der Waals surface area contributed by atoms with Crippen molar-refractivity contribution in [3.05, 3.63) is 87.4 Å². The number of nitrogens with two attached hydrogens (primary N) is 1. The summed E-state index contributed by atoms with van der Waals surface area (Å²) in [6, 6.07) is 19.5. The van der Waals surface area contributed by atoms with Crippen LogP contribution in [0.2, 0.25) is 0 Å². The monoisotopic (exact) mass is 416 g/mol. The number of hydrogen-bond donors (Lipinski definition) is 2. The van der Waals surface area contributed by atoms with Gasteiger partial charge in [-0.2, -0.15) is 10.5 Å². The van der Waals surface area contributed by atoms with Crippen molar-refractivity contribution in [2.45, 2.75) is 5.92 Å². The highest BCUT2D eigenvalue weighted by Gasteiger charge is 2.34. The highest BCUT2D eigenvalue weighted by atomic mass is 79.9. The molecule has 3 aromatic rings. The summed E-state index contributed by atoms with van der Waals surface area (Å²) in [5.41, 5.74) is 9.12. The van der Waals surface area contributed by atoms with E-state index in [-0.39, 0.29) is 11.5 Å². The Bertz CT molecular complexity index is 1190. The van der Waals surface area contributed by atoms with Gasteiger partial charge in [-0.15, -0.1) is 0 Å². The molecule has 1 aliphatic rings. The van der Waals surface area contributed by atoms with Gasteiger partial charge in [-0.25, -0.2) is 0 Å². The molecule has 2 heterocycles. The van der Waals surface area contributed by atoms with Crippen LogP contribution in [0, 0.1) is 22.7 Å². The van der Waals surface area contributed by atoms with E-state index in [1.165, 1.54) is 0 Å². The zero-order valence-electron chi connectivity index (χ0n) is 14.0. The molecule has 27 heavy (non-hydrogen) atoms. The maximum absolute atomic E-state index is 9.94. The Kier molecular flexibility index (Phi) is 4.19. The molecule has 0 aliphatic carbocycles. The number of rotatable bonds is 2. The lowest BCUT2D eigenvalue weighted by Crippen LogP contribution is -2.19. The van der Waals surface area contributed by atoms with E-state index in [0.717, 1.165) is 26.5 Å². The number of fused-ring (bicyclic) bond motifs is 1. The SMILES string of the molecule is N#CC1=C(N)OC(c2c[nH]c3ccc(Br)cc23)=C(C#N)C1c1ccccc1. The Hall–Kier alpha value is -3.48. The molecule has 0 saturated heterocycles. The van der Waals surface area contributed by atoms with Crippen LogP contribution in [0.1, 0.15) is 17.0 Å². The second-order valence-electron chi connectivity index (χ2n) is 6.08. The summed E-state index contributed by atoms with van der Waals surface area (Å²) in [6.45, 7) is 0. The van der Waals surface area contributed by atoms with Crippen LogP contribution in [-0.4, -0.2) is 4.98 Å². The Morgan fingerprint density at radius 3 is 2.48 bits per heavy atom. The number of nitrogens with zero attached hydrogens (tertiary/aromatic N) is 2. The summed E-state index contributed by atoms with van der Waals surface area (Å²) in [4.78, 5) is 3.19. The molecule has 0 amide bonds. The maximum atomic E-state index is 9.94. The Labute approximate surface area is 164 Å². The average molecular weight is 417 g/mol. The minimum atomic E-state index is -0.568. The third-order valence-corrected chi connectivity index (χ3v) is 5.05. The fraction of sp³-hybridized carbons (Fsp3) is 0.0476. The van der Waals surface area contributed by atoms with Gasteiger partial charge >= 0.3 is 0 Å². The first-order chi connectivity index (χ1) is 13.1. The molecular formula is C21H13BrN4O. The smallest absolute Gasteiger partial charge is 0.205 e. The van der Waals surface area contributed by atoms with Gasteiger partial charge in [0.2, 0.25) is 5.88 Å². The van der Waals surface area contributed by atoms with Crippen molar-refractivity contribution < 1.29 is 4.74 Å². The molecule has 1 aromatic heterocycles. The zero-order valence-corrected chi connectivity index (χ0v) is 15.6. The Balaban J connectivity index is 1.99. The van der Waals surface area contributed by atoms with Crippen molar-refractivity contribution >= 4 is 32.6 Å². The fourth-order valence-corrected chi connectivity index (χ4v) is 3.69. The first-order valence-electron chi connectivity index (χ1n) is 8.18. The molecule has 3 N–H and O–H groups in total. The number of hydrogen-bond acceptors (Lipinski definition) is 4. The van der Waals surface area contributed by atoms with Gasteiger partial charge in [0.25, 0.3) is 0 Å². The number of halogens is 1. The van der Waals surface area contributed by atoms with Crippen LogP contribution in [-0.2, 0) is 4.74 Å². The van der Waals surface area contributed by atoms with Crippen molar-refractivity contribution in [3.63, 3.8) is 0 Å². The van der Waals surface area contributed by atoms with Crippen molar-refractivity contribution in [2.24, 2.45) is 5.73 Å². The first kappa shape index (κ1) is 17.0. The van der Waals surface area contributed by atoms with Gasteiger partial charge in [-0.1, -0.05) is 46.3 Å². The fourth-order valence-electron chi connectivity index (χ4n) is 3.33. The average Bonchev–Trinajstić information content (AvgIpc) is 3.10. The minimum absolute atomic E-state index is 0.0182. The molecule has 6 heteroatoms. The third-order valence-electron chi connectivity index (χ3n) is 4.56. The molecule has 0 spiro atoms. The van der Waals surface area contributed by atoms with Gasteiger partial charge in [-0.05, 0) is 23.8 Å². The van der Waals surface area contributed by atoms with Gasteiger partial charge in [0.1, 0.15) is 11.6 Å². The molecule has 0 radical (unpaired) electrons. The Morgan fingerprint density at radius 1 is 1.04 bits per heavy atom. The van der Waals surface area contributed by atoms with Crippen LogP contribution in [0.5, 0.6) is 0 Å². The van der Waals surface area contributed by atoms with E-state index < -0.39 is 5.92 Å². The van der Waals surface area contributed by atoms with E-state index in [2.05, 4.69) is 33.1 Å². The quantitative estimate of drug-likeness (QED) is 0.633. The topological polar surface area (TPSA) is 98.6 Å². The number of ether oxygens (including phenoxy) is 1. The van der Waals surface area contributed by atoms with Crippen LogP contribution in [0.4, 0.5) is 0 Å². The van der Waals surface area contributed by atoms with Crippen LogP contribution >= 0.6 is 15.9 Å². The number of H-pyrrole nitrogens is 1. The largest absolute Gasteiger partial charge is 0.439 e. The van der Waals surface area contributed by atoms with E-state index in [4.69, 9.17) is 10.5 Å². The lowest BCUT2D eigenvalue weighted by molar-refractivity contribution is 0.358. The molecule has 1 unspecified atom stereocenters. The molecule has 4 rings (SSSR count). The molecule has 0 bridgehead atoms. The molecule has 0 fully saturated rings. The van der Waals surface area contributed by atoms with E-state index >= 15 is 0 Å². The van der Waals surface area contributed by atoms with Crippen molar-refractivity contribution in [1.29, 1.82) is 10.5 Å². The molecule has 130 valence electrons. The summed E-state index contributed by atoms with van der Waals surface area (Å²) in [5.74, 6) is -0.182. The van der Waals surface area contributed by atoms with Crippen molar-refractivity contribution in [2.75, 3.05) is 0 Å². The second-order valence-corrected chi connectivity index (χ2v) is 7.00. The highest BCUT2D eigenvalue weighted by Crippen LogP contribution is 2.43. The van der Waals surface area contributed by atoms with E-state index in [9.17, 15) is 10.5 Å². The molecule has 2 aromatic carbocycles.